The third kappa shape index (κ3) is 4.76. The number of rotatable bonds is 6. The summed E-state index contributed by atoms with van der Waals surface area (Å²) in [5.74, 6) is -0.252. The first kappa shape index (κ1) is 16.3. The van der Waals surface area contributed by atoms with Crippen LogP contribution < -0.4 is 5.32 Å². The number of ether oxygens (including phenoxy) is 1. The number of urea groups is 1. The summed E-state index contributed by atoms with van der Waals surface area (Å²) in [5, 5.41) is 2.91. The number of carbonyl (C=O) groups excluding carboxylic acids is 2. The molecule has 22 heavy (non-hydrogen) atoms. The minimum absolute atomic E-state index is 0.137. The van der Waals surface area contributed by atoms with E-state index in [1.165, 1.54) is 0 Å². The van der Waals surface area contributed by atoms with Crippen molar-refractivity contribution in [3.63, 3.8) is 0 Å². The Kier molecular flexibility index (Phi) is 6.25. The van der Waals surface area contributed by atoms with Gasteiger partial charge in [-0.2, -0.15) is 0 Å². The van der Waals surface area contributed by atoms with Crippen molar-refractivity contribution in [2.75, 3.05) is 18.5 Å². The summed E-state index contributed by atoms with van der Waals surface area (Å²) in [7, 11) is 0. The average Bonchev–Trinajstić information content (AvgIpc) is 3.03. The van der Waals surface area contributed by atoms with Gasteiger partial charge in [-0.15, -0.1) is 0 Å². The lowest BCUT2D eigenvalue weighted by Crippen LogP contribution is -2.43. The van der Waals surface area contributed by atoms with E-state index in [1.807, 2.05) is 30.3 Å². The van der Waals surface area contributed by atoms with E-state index in [4.69, 9.17) is 4.74 Å². The van der Waals surface area contributed by atoms with Crippen LogP contribution in [0.1, 0.15) is 39.0 Å². The second-order valence-corrected chi connectivity index (χ2v) is 5.48. The molecule has 2 amide bonds. The zero-order valence-corrected chi connectivity index (χ0v) is 13.1. The fourth-order valence-electron chi connectivity index (χ4n) is 2.83. The number of carbonyl (C=O) groups is 2. The lowest BCUT2D eigenvalue weighted by molar-refractivity contribution is -0.143. The van der Waals surface area contributed by atoms with Crippen molar-refractivity contribution < 1.29 is 14.3 Å². The molecule has 1 N–H and O–H groups in total. The monoisotopic (exact) mass is 304 g/mol. The SMILES string of the molecule is CCOC(=O)CCN(C(=O)Nc1ccccc1)C1CCCC1. The van der Waals surface area contributed by atoms with E-state index >= 15 is 0 Å². The smallest absolute Gasteiger partial charge is 0.322 e. The third-order valence-corrected chi connectivity index (χ3v) is 3.91. The molecule has 0 aromatic heterocycles. The van der Waals surface area contributed by atoms with Gasteiger partial charge in [0.25, 0.3) is 0 Å². The Bertz CT molecular complexity index is 484. The van der Waals surface area contributed by atoms with Gasteiger partial charge >= 0.3 is 12.0 Å². The van der Waals surface area contributed by atoms with Crippen molar-refractivity contribution in [3.05, 3.63) is 30.3 Å². The van der Waals surface area contributed by atoms with Crippen LogP contribution in [-0.4, -0.2) is 36.1 Å². The van der Waals surface area contributed by atoms with E-state index in [9.17, 15) is 9.59 Å². The molecule has 1 fully saturated rings. The van der Waals surface area contributed by atoms with Crippen molar-refractivity contribution in [1.29, 1.82) is 0 Å². The largest absolute Gasteiger partial charge is 0.466 e. The Morgan fingerprint density at radius 3 is 2.55 bits per heavy atom. The van der Waals surface area contributed by atoms with E-state index in [0.717, 1.165) is 31.4 Å². The second kappa shape index (κ2) is 8.41. The van der Waals surface area contributed by atoms with Crippen LogP contribution in [0, 0.1) is 0 Å². The number of para-hydroxylation sites is 1. The molecule has 5 nitrogen and oxygen atoms in total. The van der Waals surface area contributed by atoms with Crippen molar-refractivity contribution in [2.24, 2.45) is 0 Å². The van der Waals surface area contributed by atoms with Crippen molar-refractivity contribution >= 4 is 17.7 Å². The summed E-state index contributed by atoms with van der Waals surface area (Å²) in [6, 6.07) is 9.47. The maximum Gasteiger partial charge on any atom is 0.322 e. The molecule has 0 spiro atoms. The van der Waals surface area contributed by atoms with Gasteiger partial charge in [0.05, 0.1) is 13.0 Å². The predicted octanol–water partition coefficient (Wildman–Crippen LogP) is 3.42. The topological polar surface area (TPSA) is 58.6 Å². The van der Waals surface area contributed by atoms with E-state index in [2.05, 4.69) is 5.32 Å². The zero-order valence-electron chi connectivity index (χ0n) is 13.1. The van der Waals surface area contributed by atoms with Crippen molar-refractivity contribution in [1.82, 2.24) is 4.90 Å². The van der Waals surface area contributed by atoms with Gasteiger partial charge in [-0.25, -0.2) is 4.79 Å². The number of nitrogens with one attached hydrogen (secondary N) is 1. The summed E-state index contributed by atoms with van der Waals surface area (Å²) < 4.78 is 4.96. The highest BCUT2D eigenvalue weighted by Crippen LogP contribution is 2.24. The summed E-state index contributed by atoms with van der Waals surface area (Å²) in [4.78, 5) is 25.9. The Balaban J connectivity index is 1.96. The highest BCUT2D eigenvalue weighted by Gasteiger charge is 2.27. The first-order valence-electron chi connectivity index (χ1n) is 7.99. The summed E-state index contributed by atoms with van der Waals surface area (Å²) in [6.07, 6.45) is 4.53. The van der Waals surface area contributed by atoms with Gasteiger partial charge in [0, 0.05) is 18.3 Å². The van der Waals surface area contributed by atoms with Crippen LogP contribution in [0.25, 0.3) is 0 Å². The number of anilines is 1. The normalized spacial score (nSPS) is 14.6. The van der Waals surface area contributed by atoms with Gasteiger partial charge in [0.15, 0.2) is 0 Å². The quantitative estimate of drug-likeness (QED) is 0.819. The molecule has 1 aliphatic rings. The van der Waals surface area contributed by atoms with Gasteiger partial charge in [-0.1, -0.05) is 31.0 Å². The molecule has 120 valence electrons. The fraction of sp³-hybridized carbons (Fsp3) is 0.529. The molecule has 5 heteroatoms. The van der Waals surface area contributed by atoms with E-state index in [-0.39, 0.29) is 24.5 Å². The zero-order chi connectivity index (χ0) is 15.8. The number of nitrogens with zero attached hydrogens (tertiary/aromatic N) is 1. The maximum absolute atomic E-state index is 12.5. The second-order valence-electron chi connectivity index (χ2n) is 5.48. The van der Waals surface area contributed by atoms with Crippen molar-refractivity contribution in [3.8, 4) is 0 Å². The minimum Gasteiger partial charge on any atom is -0.466 e. The van der Waals surface area contributed by atoms with Gasteiger partial charge < -0.3 is 15.0 Å². The third-order valence-electron chi connectivity index (χ3n) is 3.91. The Morgan fingerprint density at radius 2 is 1.91 bits per heavy atom. The molecule has 2 rings (SSSR count). The van der Waals surface area contributed by atoms with Gasteiger partial charge in [0.2, 0.25) is 0 Å². The van der Waals surface area contributed by atoms with E-state index in [1.54, 1.807) is 11.8 Å². The van der Waals surface area contributed by atoms with E-state index < -0.39 is 0 Å². The number of amides is 2. The Morgan fingerprint density at radius 1 is 1.23 bits per heavy atom. The minimum atomic E-state index is -0.252. The van der Waals surface area contributed by atoms with Gasteiger partial charge in [-0.05, 0) is 31.9 Å². The Labute approximate surface area is 131 Å². The lowest BCUT2D eigenvalue weighted by Gasteiger charge is -2.29. The number of hydrogen-bond donors (Lipinski definition) is 1. The number of benzene rings is 1. The molecule has 0 heterocycles. The van der Waals surface area contributed by atoms with Crippen LogP contribution in [0.2, 0.25) is 0 Å². The molecule has 1 aromatic rings. The van der Waals surface area contributed by atoms with E-state index in [0.29, 0.717) is 13.2 Å². The van der Waals surface area contributed by atoms with Crippen LogP contribution in [0.4, 0.5) is 10.5 Å². The highest BCUT2D eigenvalue weighted by atomic mass is 16.5. The van der Waals surface area contributed by atoms with Gasteiger partial charge in [0.1, 0.15) is 0 Å². The van der Waals surface area contributed by atoms with Crippen LogP contribution in [0.5, 0.6) is 0 Å². The molecule has 1 aliphatic carbocycles. The molecule has 0 atom stereocenters. The number of hydrogen-bond acceptors (Lipinski definition) is 3. The summed E-state index contributed by atoms with van der Waals surface area (Å²) in [6.45, 7) is 2.56. The highest BCUT2D eigenvalue weighted by molar-refractivity contribution is 5.89. The predicted molar refractivity (Wildman–Crippen MR) is 85.7 cm³/mol. The first-order chi connectivity index (χ1) is 10.7. The lowest BCUT2D eigenvalue weighted by atomic mass is 10.2. The molecule has 1 aromatic carbocycles. The molecule has 0 unspecified atom stereocenters. The van der Waals surface area contributed by atoms with Crippen LogP contribution >= 0.6 is 0 Å². The van der Waals surface area contributed by atoms with Crippen LogP contribution in [-0.2, 0) is 9.53 Å². The standard InChI is InChI=1S/C17H24N2O3/c1-2-22-16(20)12-13-19(15-10-6-7-11-15)17(21)18-14-8-4-3-5-9-14/h3-5,8-9,15H,2,6-7,10-13H2,1H3,(H,18,21). The molecular formula is C17H24N2O3. The van der Waals surface area contributed by atoms with Crippen LogP contribution in [0.3, 0.4) is 0 Å². The molecule has 0 radical (unpaired) electrons. The molecule has 1 saturated carbocycles. The van der Waals surface area contributed by atoms with Crippen LogP contribution in [0.15, 0.2) is 30.3 Å². The molecular weight excluding hydrogens is 280 g/mol. The molecule has 0 bridgehead atoms. The van der Waals surface area contributed by atoms with Crippen molar-refractivity contribution in [2.45, 2.75) is 45.1 Å². The number of esters is 1. The maximum atomic E-state index is 12.5. The molecule has 0 saturated heterocycles. The van der Waals surface area contributed by atoms with Gasteiger partial charge in [-0.3, -0.25) is 4.79 Å². The fourth-order valence-corrected chi connectivity index (χ4v) is 2.83. The summed E-state index contributed by atoms with van der Waals surface area (Å²) in [5.41, 5.74) is 0.770. The molecule has 0 aliphatic heterocycles. The summed E-state index contributed by atoms with van der Waals surface area (Å²) >= 11 is 0. The average molecular weight is 304 g/mol. The Hall–Kier alpha value is -2.04. The first-order valence-corrected chi connectivity index (χ1v) is 7.99.